The standard InChI is InChI=1S/C20H17N3S/c1-15-2-4-16(5-3-15)19(17-6-9-21-10-7-17)23-12-11-22-20(23)18-8-13-24-14-18/h2-14,19H,1H3. The van der Waals surface area contributed by atoms with Crippen molar-refractivity contribution in [3.8, 4) is 11.4 Å². The van der Waals surface area contributed by atoms with E-state index in [9.17, 15) is 0 Å². The average molecular weight is 331 g/mol. The van der Waals surface area contributed by atoms with E-state index in [2.05, 4.69) is 80.9 Å². The van der Waals surface area contributed by atoms with Crippen molar-refractivity contribution in [2.45, 2.75) is 13.0 Å². The predicted molar refractivity (Wildman–Crippen MR) is 98.2 cm³/mol. The average Bonchev–Trinajstić information content (AvgIpc) is 3.29. The molecular formula is C20H17N3S. The SMILES string of the molecule is Cc1ccc(C(c2ccncc2)n2ccnc2-c2ccsc2)cc1. The quantitative estimate of drug-likeness (QED) is 0.529. The first kappa shape index (κ1) is 14.8. The van der Waals surface area contributed by atoms with Gasteiger partial charge in [-0.25, -0.2) is 4.98 Å². The predicted octanol–water partition coefficient (Wildman–Crippen LogP) is 4.95. The molecule has 1 atom stereocenters. The van der Waals surface area contributed by atoms with E-state index in [4.69, 9.17) is 0 Å². The molecule has 24 heavy (non-hydrogen) atoms. The van der Waals surface area contributed by atoms with E-state index in [1.54, 1.807) is 11.3 Å². The minimum atomic E-state index is 0.0750. The Morgan fingerprint density at radius 1 is 0.917 bits per heavy atom. The summed E-state index contributed by atoms with van der Waals surface area (Å²) in [7, 11) is 0. The van der Waals surface area contributed by atoms with Crippen molar-refractivity contribution in [3.63, 3.8) is 0 Å². The van der Waals surface area contributed by atoms with Gasteiger partial charge in [-0.1, -0.05) is 29.8 Å². The molecule has 3 heterocycles. The van der Waals surface area contributed by atoms with Gasteiger partial charge < -0.3 is 4.57 Å². The number of hydrogen-bond donors (Lipinski definition) is 0. The second-order valence-electron chi connectivity index (χ2n) is 5.76. The van der Waals surface area contributed by atoms with E-state index >= 15 is 0 Å². The van der Waals surface area contributed by atoms with Crippen LogP contribution in [0, 0.1) is 6.92 Å². The Hall–Kier alpha value is -2.72. The zero-order valence-corrected chi connectivity index (χ0v) is 14.1. The molecule has 0 saturated heterocycles. The minimum absolute atomic E-state index is 0.0750. The van der Waals surface area contributed by atoms with Crippen molar-refractivity contribution < 1.29 is 0 Å². The zero-order valence-electron chi connectivity index (χ0n) is 13.3. The minimum Gasteiger partial charge on any atom is -0.319 e. The molecule has 0 aliphatic carbocycles. The maximum atomic E-state index is 4.60. The fourth-order valence-electron chi connectivity index (χ4n) is 2.94. The van der Waals surface area contributed by atoms with Crippen LogP contribution in [0.25, 0.3) is 11.4 Å². The largest absolute Gasteiger partial charge is 0.319 e. The molecule has 4 aromatic rings. The lowest BCUT2D eigenvalue weighted by Crippen LogP contribution is -2.13. The van der Waals surface area contributed by atoms with Crippen LogP contribution in [0.5, 0.6) is 0 Å². The van der Waals surface area contributed by atoms with Crippen LogP contribution >= 0.6 is 11.3 Å². The smallest absolute Gasteiger partial charge is 0.141 e. The molecule has 4 rings (SSSR count). The number of rotatable bonds is 4. The Labute approximate surface area is 145 Å². The summed E-state index contributed by atoms with van der Waals surface area (Å²) < 4.78 is 2.24. The third-order valence-electron chi connectivity index (χ3n) is 4.14. The van der Waals surface area contributed by atoms with Crippen molar-refractivity contribution in [1.82, 2.24) is 14.5 Å². The summed E-state index contributed by atoms with van der Waals surface area (Å²) in [6, 6.07) is 15.0. The van der Waals surface area contributed by atoms with Gasteiger partial charge in [0.25, 0.3) is 0 Å². The van der Waals surface area contributed by atoms with Crippen LogP contribution in [0.15, 0.2) is 78.0 Å². The normalized spacial score (nSPS) is 12.2. The third kappa shape index (κ3) is 2.76. The molecule has 1 unspecified atom stereocenters. The molecule has 118 valence electrons. The highest BCUT2D eigenvalue weighted by atomic mass is 32.1. The molecule has 1 aromatic carbocycles. The van der Waals surface area contributed by atoms with Crippen LogP contribution < -0.4 is 0 Å². The number of hydrogen-bond acceptors (Lipinski definition) is 3. The van der Waals surface area contributed by atoms with Crippen LogP contribution in [0.2, 0.25) is 0 Å². The molecule has 0 fully saturated rings. The topological polar surface area (TPSA) is 30.7 Å². The molecule has 0 amide bonds. The van der Waals surface area contributed by atoms with Crippen molar-refractivity contribution in [3.05, 3.63) is 94.7 Å². The Kier molecular flexibility index (Phi) is 3.97. The number of thiophene rings is 1. The summed E-state index contributed by atoms with van der Waals surface area (Å²) in [5, 5.41) is 4.22. The molecule has 3 nitrogen and oxygen atoms in total. The van der Waals surface area contributed by atoms with Gasteiger partial charge in [0.15, 0.2) is 0 Å². The highest BCUT2D eigenvalue weighted by Gasteiger charge is 2.20. The molecule has 0 radical (unpaired) electrons. The number of aromatic nitrogens is 3. The van der Waals surface area contributed by atoms with Gasteiger partial charge in [-0.15, -0.1) is 0 Å². The van der Waals surface area contributed by atoms with Crippen molar-refractivity contribution in [2.24, 2.45) is 0 Å². The van der Waals surface area contributed by atoms with Crippen molar-refractivity contribution in [2.75, 3.05) is 0 Å². The van der Waals surface area contributed by atoms with Gasteiger partial charge in [0, 0.05) is 35.7 Å². The Bertz CT molecular complexity index is 909. The van der Waals surface area contributed by atoms with Crippen LogP contribution in [-0.2, 0) is 0 Å². The van der Waals surface area contributed by atoms with Crippen molar-refractivity contribution >= 4 is 11.3 Å². The van der Waals surface area contributed by atoms with E-state index in [0.717, 1.165) is 11.4 Å². The lowest BCUT2D eigenvalue weighted by Gasteiger charge is -2.22. The van der Waals surface area contributed by atoms with Gasteiger partial charge in [-0.3, -0.25) is 4.98 Å². The number of imidazole rings is 1. The molecule has 0 bridgehead atoms. The van der Waals surface area contributed by atoms with Crippen LogP contribution in [0.4, 0.5) is 0 Å². The fraction of sp³-hybridized carbons (Fsp3) is 0.100. The highest BCUT2D eigenvalue weighted by molar-refractivity contribution is 7.08. The Balaban J connectivity index is 1.88. The summed E-state index contributed by atoms with van der Waals surface area (Å²) in [5.41, 5.74) is 4.84. The summed E-state index contributed by atoms with van der Waals surface area (Å²) in [6.45, 7) is 2.11. The summed E-state index contributed by atoms with van der Waals surface area (Å²) in [5.74, 6) is 0.985. The van der Waals surface area contributed by atoms with Gasteiger partial charge in [-0.05, 0) is 41.6 Å². The molecule has 0 aliphatic heterocycles. The molecule has 3 aromatic heterocycles. The molecular weight excluding hydrogens is 314 g/mol. The Morgan fingerprint density at radius 3 is 2.38 bits per heavy atom. The van der Waals surface area contributed by atoms with E-state index in [1.807, 2.05) is 18.6 Å². The summed E-state index contributed by atoms with van der Waals surface area (Å²) in [4.78, 5) is 8.77. The Morgan fingerprint density at radius 2 is 1.67 bits per heavy atom. The number of aryl methyl sites for hydroxylation is 1. The highest BCUT2D eigenvalue weighted by Crippen LogP contribution is 2.31. The van der Waals surface area contributed by atoms with E-state index < -0.39 is 0 Å². The molecule has 0 aliphatic rings. The number of pyridine rings is 1. The fourth-order valence-corrected chi connectivity index (χ4v) is 3.58. The number of benzene rings is 1. The maximum absolute atomic E-state index is 4.60. The van der Waals surface area contributed by atoms with Gasteiger partial charge in [-0.2, -0.15) is 11.3 Å². The van der Waals surface area contributed by atoms with Crippen LogP contribution in [-0.4, -0.2) is 14.5 Å². The first-order chi connectivity index (χ1) is 11.8. The second-order valence-corrected chi connectivity index (χ2v) is 6.54. The maximum Gasteiger partial charge on any atom is 0.141 e. The summed E-state index contributed by atoms with van der Waals surface area (Å²) >= 11 is 1.69. The van der Waals surface area contributed by atoms with Gasteiger partial charge >= 0.3 is 0 Å². The van der Waals surface area contributed by atoms with E-state index in [-0.39, 0.29) is 6.04 Å². The second kappa shape index (κ2) is 6.42. The molecule has 0 saturated carbocycles. The molecule has 0 spiro atoms. The zero-order chi connectivity index (χ0) is 16.4. The van der Waals surface area contributed by atoms with Gasteiger partial charge in [0.2, 0.25) is 0 Å². The van der Waals surface area contributed by atoms with Crippen molar-refractivity contribution in [1.29, 1.82) is 0 Å². The van der Waals surface area contributed by atoms with Gasteiger partial charge in [0.05, 0.1) is 6.04 Å². The third-order valence-corrected chi connectivity index (χ3v) is 4.82. The summed E-state index contributed by atoms with van der Waals surface area (Å²) in [6.07, 6.45) is 7.61. The molecule has 4 heteroatoms. The first-order valence-electron chi connectivity index (χ1n) is 7.85. The van der Waals surface area contributed by atoms with E-state index in [1.165, 1.54) is 16.7 Å². The first-order valence-corrected chi connectivity index (χ1v) is 8.79. The van der Waals surface area contributed by atoms with Crippen LogP contribution in [0.3, 0.4) is 0 Å². The monoisotopic (exact) mass is 331 g/mol. The molecule has 0 N–H and O–H groups in total. The lowest BCUT2D eigenvalue weighted by molar-refractivity contribution is 0.683. The van der Waals surface area contributed by atoms with Crippen LogP contribution in [0.1, 0.15) is 22.7 Å². The lowest BCUT2D eigenvalue weighted by atomic mass is 9.98. The van der Waals surface area contributed by atoms with Gasteiger partial charge in [0.1, 0.15) is 5.82 Å². The van der Waals surface area contributed by atoms with E-state index in [0.29, 0.717) is 0 Å². The number of nitrogens with zero attached hydrogens (tertiary/aromatic N) is 3.